The summed E-state index contributed by atoms with van der Waals surface area (Å²) in [5.74, 6) is 0.936. The van der Waals surface area contributed by atoms with Gasteiger partial charge in [0.1, 0.15) is 6.23 Å². The number of likely N-dealkylation sites (N-methyl/N-ethyl adjacent to an activating group) is 1. The van der Waals surface area contributed by atoms with Gasteiger partial charge in [0.2, 0.25) is 0 Å². The summed E-state index contributed by atoms with van der Waals surface area (Å²) in [6.45, 7) is 13.6. The molecule has 0 radical (unpaired) electrons. The van der Waals surface area contributed by atoms with Crippen molar-refractivity contribution in [2.75, 3.05) is 11.9 Å². The lowest BCUT2D eigenvalue weighted by Gasteiger charge is -2.40. The monoisotopic (exact) mass is 406 g/mol. The van der Waals surface area contributed by atoms with Gasteiger partial charge in [-0.2, -0.15) is 0 Å². The molecule has 4 heteroatoms. The highest BCUT2D eigenvalue weighted by Crippen LogP contribution is 2.50. The molecule has 4 nitrogen and oxygen atoms in total. The van der Waals surface area contributed by atoms with Crippen LogP contribution in [0.2, 0.25) is 0 Å². The molecule has 2 aliphatic heterocycles. The topological polar surface area (TPSA) is 35.9 Å². The fourth-order valence-electron chi connectivity index (χ4n) is 4.78. The van der Waals surface area contributed by atoms with Crippen LogP contribution in [0.25, 0.3) is 11.3 Å². The molecule has 0 amide bonds. The Labute approximate surface area is 180 Å². The van der Waals surface area contributed by atoms with Crippen LogP contribution in [0, 0.1) is 10.8 Å². The number of benzene rings is 2. The zero-order valence-electron chi connectivity index (χ0n) is 19.2. The van der Waals surface area contributed by atoms with E-state index in [1.807, 2.05) is 12.1 Å². The fourth-order valence-corrected chi connectivity index (χ4v) is 4.78. The van der Waals surface area contributed by atoms with Crippen molar-refractivity contribution in [2.45, 2.75) is 60.4 Å². The zero-order chi connectivity index (χ0) is 21.8. The molecule has 2 heterocycles. The van der Waals surface area contributed by atoms with Crippen LogP contribution >= 0.6 is 0 Å². The number of hydrogen-bond donors (Lipinski definition) is 1. The molecule has 0 aliphatic carbocycles. The van der Waals surface area contributed by atoms with Crippen molar-refractivity contribution in [2.24, 2.45) is 10.8 Å². The normalized spacial score (nSPS) is 20.7. The highest BCUT2D eigenvalue weighted by Gasteiger charge is 2.44. The molecule has 0 saturated heterocycles. The predicted molar refractivity (Wildman–Crippen MR) is 123 cm³/mol. The van der Waals surface area contributed by atoms with E-state index in [9.17, 15) is 5.11 Å². The number of aliphatic hydroxyl groups excluding tert-OH is 1. The first-order valence-electron chi connectivity index (χ1n) is 10.8. The van der Waals surface area contributed by atoms with E-state index in [2.05, 4.69) is 95.0 Å². The third-order valence-electron chi connectivity index (χ3n) is 6.11. The minimum Gasteiger partial charge on any atom is -0.405 e. The first-order chi connectivity index (χ1) is 14.0. The Kier molecular flexibility index (Phi) is 4.99. The second kappa shape index (κ2) is 7.14. The van der Waals surface area contributed by atoms with Gasteiger partial charge in [0.05, 0.1) is 6.04 Å². The van der Waals surface area contributed by atoms with E-state index in [0.717, 1.165) is 28.1 Å². The summed E-state index contributed by atoms with van der Waals surface area (Å²) in [6, 6.07) is 16.9. The van der Waals surface area contributed by atoms with Crippen LogP contribution in [0.4, 0.5) is 5.69 Å². The average molecular weight is 407 g/mol. The van der Waals surface area contributed by atoms with Gasteiger partial charge in [-0.3, -0.25) is 0 Å². The summed E-state index contributed by atoms with van der Waals surface area (Å²) in [4.78, 5) is 8.57. The lowest BCUT2D eigenvalue weighted by molar-refractivity contribution is -0.0895. The van der Waals surface area contributed by atoms with E-state index in [1.54, 1.807) is 0 Å². The Balaban J connectivity index is 2.04. The van der Waals surface area contributed by atoms with Crippen molar-refractivity contribution in [3.05, 3.63) is 65.2 Å². The number of fused-ring (bicyclic) bond motifs is 4. The summed E-state index contributed by atoms with van der Waals surface area (Å²) >= 11 is 0. The van der Waals surface area contributed by atoms with Crippen molar-refractivity contribution < 1.29 is 9.94 Å². The molecule has 2 unspecified atom stereocenters. The number of nitrogens with zero attached hydrogens (tertiary/aromatic N) is 2. The molecule has 2 atom stereocenters. The third-order valence-corrected chi connectivity index (χ3v) is 6.11. The SMILES string of the molecule is CN1OC2=C(c3ccccc3N(C(O)C(C)(C)C)Cc3ccccc32)C1C(C)(C)C. The number of anilines is 1. The smallest absolute Gasteiger partial charge is 0.160 e. The molecule has 2 aromatic carbocycles. The van der Waals surface area contributed by atoms with Gasteiger partial charge in [0, 0.05) is 41.4 Å². The van der Waals surface area contributed by atoms with Gasteiger partial charge in [-0.25, -0.2) is 0 Å². The predicted octanol–water partition coefficient (Wildman–Crippen LogP) is 5.53. The van der Waals surface area contributed by atoms with E-state index in [-0.39, 0.29) is 16.9 Å². The first-order valence-corrected chi connectivity index (χ1v) is 10.8. The van der Waals surface area contributed by atoms with Gasteiger partial charge in [0.25, 0.3) is 0 Å². The highest BCUT2D eigenvalue weighted by atomic mass is 16.7. The minimum atomic E-state index is -0.623. The van der Waals surface area contributed by atoms with Crippen molar-refractivity contribution in [1.29, 1.82) is 0 Å². The Bertz CT molecular complexity index is 981. The van der Waals surface area contributed by atoms with Crippen molar-refractivity contribution in [3.8, 4) is 0 Å². The maximum Gasteiger partial charge on any atom is 0.160 e. The third kappa shape index (κ3) is 3.42. The molecule has 0 bridgehead atoms. The number of hydrogen-bond acceptors (Lipinski definition) is 4. The zero-order valence-corrected chi connectivity index (χ0v) is 19.2. The summed E-state index contributed by atoms with van der Waals surface area (Å²) in [6.07, 6.45) is -0.623. The molecule has 30 heavy (non-hydrogen) atoms. The van der Waals surface area contributed by atoms with Crippen molar-refractivity contribution in [1.82, 2.24) is 5.06 Å². The highest BCUT2D eigenvalue weighted by molar-refractivity contribution is 5.97. The molecular formula is C26H34N2O2. The van der Waals surface area contributed by atoms with Crippen LogP contribution in [0.3, 0.4) is 0 Å². The standard InChI is InChI=1S/C26H34N2O2/c1-25(2,3)23-21-19-14-10-11-15-20(19)28(24(29)26(4,5)6)16-17-12-8-9-13-18(17)22(21)30-27(23)7/h8-15,23-24,29H,16H2,1-7H3. The number of para-hydroxylation sites is 1. The Morgan fingerprint density at radius 2 is 1.53 bits per heavy atom. The molecule has 1 N–H and O–H groups in total. The number of aliphatic hydroxyl groups is 1. The average Bonchev–Trinajstić information content (AvgIpc) is 3.01. The second-order valence-electron chi connectivity index (χ2n) is 10.7. The minimum absolute atomic E-state index is 0.0272. The van der Waals surface area contributed by atoms with Gasteiger partial charge in [-0.05, 0) is 17.0 Å². The molecule has 0 spiro atoms. The van der Waals surface area contributed by atoms with E-state index in [1.165, 1.54) is 5.57 Å². The van der Waals surface area contributed by atoms with Gasteiger partial charge >= 0.3 is 0 Å². The van der Waals surface area contributed by atoms with Crippen LogP contribution in [-0.4, -0.2) is 29.5 Å². The Morgan fingerprint density at radius 1 is 0.933 bits per heavy atom. The first kappa shape index (κ1) is 21.0. The summed E-state index contributed by atoms with van der Waals surface area (Å²) in [5, 5.41) is 13.4. The van der Waals surface area contributed by atoms with Gasteiger partial charge in [0.15, 0.2) is 5.76 Å². The van der Waals surface area contributed by atoms with Crippen LogP contribution in [-0.2, 0) is 11.4 Å². The van der Waals surface area contributed by atoms with Crippen LogP contribution in [0.5, 0.6) is 0 Å². The second-order valence-corrected chi connectivity index (χ2v) is 10.7. The van der Waals surface area contributed by atoms with Crippen molar-refractivity contribution in [3.63, 3.8) is 0 Å². The lowest BCUT2D eigenvalue weighted by Crippen LogP contribution is -2.45. The van der Waals surface area contributed by atoms with Gasteiger partial charge in [-0.1, -0.05) is 84.0 Å². The quantitative estimate of drug-likeness (QED) is 0.675. The Hall–Kier alpha value is -2.30. The maximum atomic E-state index is 11.4. The molecule has 2 aromatic rings. The van der Waals surface area contributed by atoms with Gasteiger partial charge < -0.3 is 14.8 Å². The summed E-state index contributed by atoms with van der Waals surface area (Å²) in [5.41, 5.74) is 5.33. The van der Waals surface area contributed by atoms with E-state index < -0.39 is 6.23 Å². The molecule has 0 aromatic heterocycles. The number of rotatable bonds is 1. The summed E-state index contributed by atoms with van der Waals surface area (Å²) < 4.78 is 0. The van der Waals surface area contributed by atoms with E-state index in [4.69, 9.17) is 4.84 Å². The van der Waals surface area contributed by atoms with E-state index in [0.29, 0.717) is 6.54 Å². The van der Waals surface area contributed by atoms with Crippen molar-refractivity contribution >= 4 is 17.0 Å². The Morgan fingerprint density at radius 3 is 2.17 bits per heavy atom. The lowest BCUT2D eigenvalue weighted by atomic mass is 9.77. The van der Waals surface area contributed by atoms with Crippen LogP contribution in [0.1, 0.15) is 58.2 Å². The fraction of sp³-hybridized carbons (Fsp3) is 0.462. The number of hydroxylamine groups is 2. The molecule has 0 saturated carbocycles. The largest absolute Gasteiger partial charge is 0.405 e. The van der Waals surface area contributed by atoms with E-state index >= 15 is 0 Å². The molecule has 0 fully saturated rings. The molecule has 160 valence electrons. The van der Waals surface area contributed by atoms with Crippen LogP contribution in [0.15, 0.2) is 48.5 Å². The van der Waals surface area contributed by atoms with Gasteiger partial charge in [-0.15, -0.1) is 5.06 Å². The summed E-state index contributed by atoms with van der Waals surface area (Å²) in [7, 11) is 2.02. The molecule has 4 rings (SSSR count). The molecular weight excluding hydrogens is 372 g/mol. The molecule has 2 aliphatic rings. The van der Waals surface area contributed by atoms with Crippen LogP contribution < -0.4 is 4.90 Å². The maximum absolute atomic E-state index is 11.4.